The highest BCUT2D eigenvalue weighted by molar-refractivity contribution is 5.96. The molecular weight excluding hydrogens is 270 g/mol. The van der Waals surface area contributed by atoms with Crippen LogP contribution in [0.15, 0.2) is 30.3 Å². The predicted molar refractivity (Wildman–Crippen MR) is 79.7 cm³/mol. The van der Waals surface area contributed by atoms with Crippen LogP contribution in [0.25, 0.3) is 0 Å². The summed E-state index contributed by atoms with van der Waals surface area (Å²) in [7, 11) is 0. The van der Waals surface area contributed by atoms with Crippen molar-refractivity contribution in [3.63, 3.8) is 0 Å². The first-order chi connectivity index (χ1) is 9.78. The van der Waals surface area contributed by atoms with Crippen LogP contribution in [0.1, 0.15) is 31.1 Å². The first kappa shape index (κ1) is 16.7. The van der Waals surface area contributed by atoms with Gasteiger partial charge in [0.2, 0.25) is 11.8 Å². The van der Waals surface area contributed by atoms with Crippen molar-refractivity contribution in [2.75, 3.05) is 13.1 Å². The normalized spacial score (nSPS) is 10.6. The van der Waals surface area contributed by atoms with Gasteiger partial charge in [0.05, 0.1) is 13.1 Å². The van der Waals surface area contributed by atoms with Crippen molar-refractivity contribution in [2.24, 2.45) is 0 Å². The van der Waals surface area contributed by atoms with Crippen LogP contribution in [0.4, 0.5) is 0 Å². The van der Waals surface area contributed by atoms with E-state index in [0.29, 0.717) is 5.56 Å². The summed E-state index contributed by atoms with van der Waals surface area (Å²) in [6, 6.07) is 8.60. The molecular formula is C15H21N3O3. The number of carbonyl (C=O) groups excluding carboxylic acids is 3. The van der Waals surface area contributed by atoms with Gasteiger partial charge in [0.1, 0.15) is 0 Å². The molecule has 0 heterocycles. The number of nitrogens with one attached hydrogen (secondary N) is 3. The number of benzene rings is 1. The van der Waals surface area contributed by atoms with E-state index in [2.05, 4.69) is 16.0 Å². The molecule has 0 bridgehead atoms. The van der Waals surface area contributed by atoms with Crippen LogP contribution in [0.5, 0.6) is 0 Å². The molecule has 6 heteroatoms. The molecule has 0 unspecified atom stereocenters. The SMILES string of the molecule is CC(C)(C)NC(=O)CNC(=O)CNC(=O)c1ccccc1. The minimum absolute atomic E-state index is 0.114. The standard InChI is InChI=1S/C15H21N3O3/c1-15(2,3)18-13(20)10-16-12(19)9-17-14(21)11-7-5-4-6-8-11/h4-8H,9-10H2,1-3H3,(H,16,19)(H,17,21)(H,18,20). The molecule has 0 saturated heterocycles. The molecule has 0 fully saturated rings. The van der Waals surface area contributed by atoms with Gasteiger partial charge in [0.15, 0.2) is 0 Å². The molecule has 0 aliphatic heterocycles. The van der Waals surface area contributed by atoms with Gasteiger partial charge in [-0.05, 0) is 32.9 Å². The molecule has 3 amide bonds. The Kier molecular flexibility index (Phi) is 5.90. The lowest BCUT2D eigenvalue weighted by Crippen LogP contribution is -2.47. The first-order valence-electron chi connectivity index (χ1n) is 6.69. The van der Waals surface area contributed by atoms with Crippen LogP contribution < -0.4 is 16.0 Å². The Morgan fingerprint density at radius 2 is 1.48 bits per heavy atom. The summed E-state index contributed by atoms with van der Waals surface area (Å²) in [5, 5.41) is 7.66. The van der Waals surface area contributed by atoms with Crippen molar-refractivity contribution in [1.82, 2.24) is 16.0 Å². The van der Waals surface area contributed by atoms with E-state index in [1.807, 2.05) is 20.8 Å². The van der Waals surface area contributed by atoms with E-state index in [4.69, 9.17) is 0 Å². The fourth-order valence-electron chi connectivity index (χ4n) is 1.56. The lowest BCUT2D eigenvalue weighted by Gasteiger charge is -2.20. The molecule has 0 radical (unpaired) electrons. The molecule has 1 rings (SSSR count). The first-order valence-corrected chi connectivity index (χ1v) is 6.69. The van der Waals surface area contributed by atoms with Gasteiger partial charge in [-0.1, -0.05) is 18.2 Å². The Morgan fingerprint density at radius 1 is 0.905 bits per heavy atom. The Labute approximate surface area is 124 Å². The molecule has 0 atom stereocenters. The zero-order valence-electron chi connectivity index (χ0n) is 12.5. The van der Waals surface area contributed by atoms with Gasteiger partial charge >= 0.3 is 0 Å². The minimum atomic E-state index is -0.414. The zero-order chi connectivity index (χ0) is 15.9. The number of hydrogen-bond acceptors (Lipinski definition) is 3. The van der Waals surface area contributed by atoms with E-state index in [9.17, 15) is 14.4 Å². The number of amides is 3. The third kappa shape index (κ3) is 7.10. The quantitative estimate of drug-likeness (QED) is 0.736. The minimum Gasteiger partial charge on any atom is -0.350 e. The summed E-state index contributed by atoms with van der Waals surface area (Å²) < 4.78 is 0. The molecule has 0 aromatic heterocycles. The van der Waals surface area contributed by atoms with E-state index in [1.165, 1.54) is 0 Å². The second-order valence-electron chi connectivity index (χ2n) is 5.62. The third-order valence-corrected chi connectivity index (χ3v) is 2.41. The second kappa shape index (κ2) is 7.42. The molecule has 1 aromatic carbocycles. The third-order valence-electron chi connectivity index (χ3n) is 2.41. The summed E-state index contributed by atoms with van der Waals surface area (Å²) in [6.07, 6.45) is 0. The molecule has 0 spiro atoms. The molecule has 6 nitrogen and oxygen atoms in total. The second-order valence-corrected chi connectivity index (χ2v) is 5.62. The topological polar surface area (TPSA) is 87.3 Å². The fourth-order valence-corrected chi connectivity index (χ4v) is 1.56. The van der Waals surface area contributed by atoms with Gasteiger partial charge in [-0.15, -0.1) is 0 Å². The smallest absolute Gasteiger partial charge is 0.251 e. The van der Waals surface area contributed by atoms with Crippen LogP contribution in [-0.2, 0) is 9.59 Å². The summed E-state index contributed by atoms with van der Waals surface area (Å²) >= 11 is 0. The molecule has 1 aromatic rings. The average Bonchev–Trinajstić information content (AvgIpc) is 2.41. The number of carbonyl (C=O) groups is 3. The largest absolute Gasteiger partial charge is 0.350 e. The van der Waals surface area contributed by atoms with Crippen LogP contribution in [0.3, 0.4) is 0 Å². The van der Waals surface area contributed by atoms with E-state index in [1.54, 1.807) is 30.3 Å². The summed E-state index contributed by atoms with van der Waals surface area (Å²) in [6.45, 7) is 5.28. The fraction of sp³-hybridized carbons (Fsp3) is 0.400. The van der Waals surface area contributed by atoms with E-state index < -0.39 is 5.91 Å². The maximum atomic E-state index is 11.7. The Balaban J connectivity index is 2.29. The van der Waals surface area contributed by atoms with Crippen molar-refractivity contribution in [2.45, 2.75) is 26.3 Å². The molecule has 21 heavy (non-hydrogen) atoms. The van der Waals surface area contributed by atoms with Crippen LogP contribution in [-0.4, -0.2) is 36.3 Å². The highest BCUT2D eigenvalue weighted by Crippen LogP contribution is 1.98. The molecule has 0 aliphatic rings. The molecule has 0 aliphatic carbocycles. The maximum absolute atomic E-state index is 11.7. The maximum Gasteiger partial charge on any atom is 0.251 e. The Hall–Kier alpha value is -2.37. The average molecular weight is 291 g/mol. The Bertz CT molecular complexity index is 507. The van der Waals surface area contributed by atoms with Gasteiger partial charge < -0.3 is 16.0 Å². The molecule has 0 saturated carbocycles. The van der Waals surface area contributed by atoms with Crippen molar-refractivity contribution in [1.29, 1.82) is 0 Å². The van der Waals surface area contributed by atoms with Gasteiger partial charge in [0, 0.05) is 11.1 Å². The summed E-state index contributed by atoms with van der Waals surface area (Å²) in [4.78, 5) is 34.8. The predicted octanol–water partition coefficient (Wildman–Crippen LogP) is 0.447. The Morgan fingerprint density at radius 3 is 2.05 bits per heavy atom. The number of hydrogen-bond donors (Lipinski definition) is 3. The van der Waals surface area contributed by atoms with E-state index >= 15 is 0 Å². The van der Waals surface area contributed by atoms with Crippen LogP contribution >= 0.6 is 0 Å². The van der Waals surface area contributed by atoms with Gasteiger partial charge in [0.25, 0.3) is 5.91 Å². The van der Waals surface area contributed by atoms with Gasteiger partial charge in [-0.2, -0.15) is 0 Å². The highest BCUT2D eigenvalue weighted by atomic mass is 16.2. The van der Waals surface area contributed by atoms with Crippen LogP contribution in [0, 0.1) is 0 Å². The monoisotopic (exact) mass is 291 g/mol. The zero-order valence-corrected chi connectivity index (χ0v) is 12.5. The van der Waals surface area contributed by atoms with Gasteiger partial charge in [-0.25, -0.2) is 0 Å². The lowest BCUT2D eigenvalue weighted by atomic mass is 10.1. The molecule has 3 N–H and O–H groups in total. The highest BCUT2D eigenvalue weighted by Gasteiger charge is 2.14. The van der Waals surface area contributed by atoms with Crippen molar-refractivity contribution in [3.05, 3.63) is 35.9 Å². The summed E-state index contributed by atoms with van der Waals surface area (Å²) in [5.74, 6) is -1.02. The van der Waals surface area contributed by atoms with E-state index in [0.717, 1.165) is 0 Å². The number of rotatable bonds is 5. The molecule has 114 valence electrons. The van der Waals surface area contributed by atoms with Crippen LogP contribution in [0.2, 0.25) is 0 Å². The van der Waals surface area contributed by atoms with Crippen molar-refractivity contribution < 1.29 is 14.4 Å². The van der Waals surface area contributed by atoms with Gasteiger partial charge in [-0.3, -0.25) is 14.4 Å². The summed E-state index contributed by atoms with van der Waals surface area (Å²) in [5.41, 5.74) is 0.138. The van der Waals surface area contributed by atoms with Crippen molar-refractivity contribution in [3.8, 4) is 0 Å². The van der Waals surface area contributed by atoms with E-state index in [-0.39, 0.29) is 30.4 Å². The van der Waals surface area contributed by atoms with Crippen molar-refractivity contribution >= 4 is 17.7 Å². The lowest BCUT2D eigenvalue weighted by molar-refractivity contribution is -0.126.